The van der Waals surface area contributed by atoms with Crippen LogP contribution in [0.15, 0.2) is 0 Å². The van der Waals surface area contributed by atoms with Crippen LogP contribution in [0.25, 0.3) is 0 Å². The van der Waals surface area contributed by atoms with E-state index in [1.54, 1.807) is 0 Å². The largest absolute Gasteiger partial charge is 0.451 e. The third-order valence-electron chi connectivity index (χ3n) is 3.32. The standard InChI is InChI=1S/C8H16BNO2/c11-9(12)5-7-3-8(4-7)1-2-10-6-8/h7,10-12H,1-6H2. The van der Waals surface area contributed by atoms with E-state index in [-0.39, 0.29) is 0 Å². The van der Waals surface area contributed by atoms with Crippen molar-refractivity contribution >= 4 is 7.12 Å². The molecule has 2 fully saturated rings. The molecule has 68 valence electrons. The van der Waals surface area contributed by atoms with Crippen molar-refractivity contribution in [1.82, 2.24) is 5.32 Å². The summed E-state index contributed by atoms with van der Waals surface area (Å²) in [6.45, 7) is 2.29. The van der Waals surface area contributed by atoms with Crippen molar-refractivity contribution in [2.24, 2.45) is 11.3 Å². The number of rotatable bonds is 2. The minimum atomic E-state index is -1.10. The Bertz CT molecular complexity index is 160. The van der Waals surface area contributed by atoms with Gasteiger partial charge in [0.1, 0.15) is 0 Å². The van der Waals surface area contributed by atoms with Gasteiger partial charge in [0.15, 0.2) is 0 Å². The van der Waals surface area contributed by atoms with E-state index in [1.807, 2.05) is 0 Å². The molecule has 12 heavy (non-hydrogen) atoms. The first-order valence-electron chi connectivity index (χ1n) is 4.77. The lowest BCUT2D eigenvalue weighted by atomic mass is 9.56. The highest BCUT2D eigenvalue weighted by atomic mass is 16.4. The van der Waals surface area contributed by atoms with Crippen LogP contribution in [-0.2, 0) is 0 Å². The van der Waals surface area contributed by atoms with E-state index in [2.05, 4.69) is 5.32 Å². The molecule has 3 nitrogen and oxygen atoms in total. The van der Waals surface area contributed by atoms with Gasteiger partial charge >= 0.3 is 7.12 Å². The molecule has 0 amide bonds. The van der Waals surface area contributed by atoms with Crippen molar-refractivity contribution in [3.63, 3.8) is 0 Å². The zero-order chi connectivity index (χ0) is 8.60. The van der Waals surface area contributed by atoms with Gasteiger partial charge in [-0.25, -0.2) is 0 Å². The van der Waals surface area contributed by atoms with Gasteiger partial charge < -0.3 is 15.4 Å². The highest BCUT2D eigenvalue weighted by molar-refractivity contribution is 6.41. The molecule has 2 aliphatic rings. The predicted molar refractivity (Wildman–Crippen MR) is 47.6 cm³/mol. The summed E-state index contributed by atoms with van der Waals surface area (Å²) < 4.78 is 0. The Kier molecular flexibility index (Phi) is 2.15. The van der Waals surface area contributed by atoms with Crippen molar-refractivity contribution < 1.29 is 10.0 Å². The molecule has 1 aliphatic heterocycles. The van der Waals surface area contributed by atoms with Crippen LogP contribution in [0.5, 0.6) is 0 Å². The second kappa shape index (κ2) is 3.02. The smallest absolute Gasteiger partial charge is 0.427 e. The predicted octanol–water partition coefficient (Wildman–Crippen LogP) is -0.151. The summed E-state index contributed by atoms with van der Waals surface area (Å²) in [6.07, 6.45) is 4.24. The van der Waals surface area contributed by atoms with Gasteiger partial charge in [-0.1, -0.05) is 0 Å². The summed E-state index contributed by atoms with van der Waals surface area (Å²) >= 11 is 0. The molecule has 1 saturated heterocycles. The van der Waals surface area contributed by atoms with E-state index in [1.165, 1.54) is 19.3 Å². The molecule has 3 N–H and O–H groups in total. The van der Waals surface area contributed by atoms with Gasteiger partial charge in [0.25, 0.3) is 0 Å². The quantitative estimate of drug-likeness (QED) is 0.504. The van der Waals surface area contributed by atoms with Gasteiger partial charge in [0.2, 0.25) is 0 Å². The van der Waals surface area contributed by atoms with Gasteiger partial charge in [-0.05, 0) is 43.5 Å². The first kappa shape index (κ1) is 8.54. The molecule has 0 atom stereocenters. The first-order valence-corrected chi connectivity index (χ1v) is 4.77. The fourth-order valence-corrected chi connectivity index (χ4v) is 2.77. The second-order valence-electron chi connectivity index (χ2n) is 4.42. The maximum atomic E-state index is 8.76. The zero-order valence-electron chi connectivity index (χ0n) is 7.29. The van der Waals surface area contributed by atoms with Crippen LogP contribution in [0.4, 0.5) is 0 Å². The SMILES string of the molecule is OB(O)CC1CC2(CCNC2)C1. The van der Waals surface area contributed by atoms with E-state index >= 15 is 0 Å². The van der Waals surface area contributed by atoms with Gasteiger partial charge in [-0.2, -0.15) is 0 Å². The molecule has 1 spiro atoms. The average molecular weight is 169 g/mol. The minimum Gasteiger partial charge on any atom is -0.427 e. The van der Waals surface area contributed by atoms with E-state index in [9.17, 15) is 0 Å². The average Bonchev–Trinajstić information content (AvgIpc) is 2.33. The van der Waals surface area contributed by atoms with Crippen LogP contribution < -0.4 is 5.32 Å². The zero-order valence-corrected chi connectivity index (χ0v) is 7.29. The monoisotopic (exact) mass is 169 g/mol. The summed E-state index contributed by atoms with van der Waals surface area (Å²) in [4.78, 5) is 0. The Labute approximate surface area is 73.3 Å². The Hall–Kier alpha value is -0.0551. The molecule has 1 saturated carbocycles. The maximum Gasteiger partial charge on any atom is 0.451 e. The van der Waals surface area contributed by atoms with Gasteiger partial charge in [0.05, 0.1) is 0 Å². The molecule has 2 rings (SSSR count). The lowest BCUT2D eigenvalue weighted by molar-refractivity contribution is 0.0849. The normalized spacial score (nSPS) is 40.0. The number of hydrogen-bond donors (Lipinski definition) is 3. The van der Waals surface area contributed by atoms with E-state index in [0.717, 1.165) is 13.1 Å². The van der Waals surface area contributed by atoms with Crippen LogP contribution >= 0.6 is 0 Å². The molecule has 0 bridgehead atoms. The molecule has 1 aliphatic carbocycles. The fourth-order valence-electron chi connectivity index (χ4n) is 2.77. The fraction of sp³-hybridized carbons (Fsp3) is 1.00. The first-order chi connectivity index (χ1) is 5.70. The van der Waals surface area contributed by atoms with Crippen LogP contribution in [0.3, 0.4) is 0 Å². The Morgan fingerprint density at radius 2 is 2.17 bits per heavy atom. The molecule has 0 radical (unpaired) electrons. The summed E-state index contributed by atoms with van der Waals surface area (Å²) in [7, 11) is -1.10. The van der Waals surface area contributed by atoms with E-state index in [4.69, 9.17) is 10.0 Å². The summed E-state index contributed by atoms with van der Waals surface area (Å²) in [5, 5.41) is 20.9. The lowest BCUT2D eigenvalue weighted by Crippen LogP contribution is -2.40. The van der Waals surface area contributed by atoms with Crippen LogP contribution in [0.1, 0.15) is 19.3 Å². The van der Waals surface area contributed by atoms with Gasteiger partial charge in [0, 0.05) is 6.54 Å². The van der Waals surface area contributed by atoms with Gasteiger partial charge in [-0.3, -0.25) is 0 Å². The molecule has 1 heterocycles. The second-order valence-corrected chi connectivity index (χ2v) is 4.42. The van der Waals surface area contributed by atoms with Crippen molar-refractivity contribution in [2.75, 3.05) is 13.1 Å². The lowest BCUT2D eigenvalue weighted by Gasteiger charge is -2.45. The Balaban J connectivity index is 1.75. The van der Waals surface area contributed by atoms with Crippen molar-refractivity contribution in [1.29, 1.82) is 0 Å². The highest BCUT2D eigenvalue weighted by Crippen LogP contribution is 2.51. The van der Waals surface area contributed by atoms with Crippen molar-refractivity contribution in [2.45, 2.75) is 25.6 Å². The third-order valence-corrected chi connectivity index (χ3v) is 3.32. The van der Waals surface area contributed by atoms with Crippen molar-refractivity contribution in [3.8, 4) is 0 Å². The molecule has 0 unspecified atom stereocenters. The molecular weight excluding hydrogens is 153 g/mol. The summed E-state index contributed by atoms with van der Waals surface area (Å²) in [6, 6.07) is 0. The third kappa shape index (κ3) is 1.51. The van der Waals surface area contributed by atoms with Crippen molar-refractivity contribution in [3.05, 3.63) is 0 Å². The highest BCUT2D eigenvalue weighted by Gasteiger charge is 2.46. The Morgan fingerprint density at radius 3 is 2.67 bits per heavy atom. The van der Waals surface area contributed by atoms with Crippen LogP contribution in [0, 0.1) is 11.3 Å². The number of hydrogen-bond acceptors (Lipinski definition) is 3. The topological polar surface area (TPSA) is 52.5 Å². The summed E-state index contributed by atoms with van der Waals surface area (Å²) in [5.74, 6) is 0.560. The summed E-state index contributed by atoms with van der Waals surface area (Å²) in [5.41, 5.74) is 0.541. The molecule has 0 aromatic heterocycles. The molecule has 0 aromatic carbocycles. The van der Waals surface area contributed by atoms with Crippen LogP contribution in [0.2, 0.25) is 6.32 Å². The van der Waals surface area contributed by atoms with E-state index < -0.39 is 7.12 Å². The minimum absolute atomic E-state index is 0.541. The molecule has 0 aromatic rings. The molecular formula is C8H16BNO2. The van der Waals surface area contributed by atoms with Crippen LogP contribution in [-0.4, -0.2) is 30.3 Å². The number of nitrogens with one attached hydrogen (secondary N) is 1. The van der Waals surface area contributed by atoms with E-state index in [0.29, 0.717) is 17.7 Å². The molecule has 4 heteroatoms. The maximum absolute atomic E-state index is 8.76. The van der Waals surface area contributed by atoms with Gasteiger partial charge in [-0.15, -0.1) is 0 Å². The Morgan fingerprint density at radius 1 is 1.42 bits per heavy atom.